The molecule has 3 rings (SSSR count). The highest BCUT2D eigenvalue weighted by molar-refractivity contribution is 7.58. The molecule has 2 aliphatic rings. The lowest BCUT2D eigenvalue weighted by molar-refractivity contribution is -0.126. The summed E-state index contributed by atoms with van der Waals surface area (Å²) in [5.74, 6) is -0.343. The fourth-order valence-electron chi connectivity index (χ4n) is 2.15. The van der Waals surface area contributed by atoms with E-state index < -0.39 is 5.41 Å². The van der Waals surface area contributed by atoms with E-state index in [1.807, 2.05) is 0 Å². The number of nitriles is 1. The van der Waals surface area contributed by atoms with Crippen LogP contribution in [0.15, 0.2) is 14.8 Å². The van der Waals surface area contributed by atoms with Crippen LogP contribution in [-0.4, -0.2) is 5.91 Å². The number of amides is 1. The van der Waals surface area contributed by atoms with Crippen molar-refractivity contribution in [3.63, 3.8) is 0 Å². The summed E-state index contributed by atoms with van der Waals surface area (Å²) in [6.07, 6.45) is 2.01. The normalized spacial score (nSPS) is 17.6. The van der Waals surface area contributed by atoms with Crippen molar-refractivity contribution in [2.75, 3.05) is 5.32 Å². The third-order valence-electron chi connectivity index (χ3n) is 3.54. The number of carbonyl (C=O) groups is 1. The number of rotatable bonds is 2. The number of anilines is 1. The quantitative estimate of drug-likeness (QED) is 0.890. The molecule has 0 aromatic heterocycles. The van der Waals surface area contributed by atoms with Gasteiger partial charge < -0.3 is 5.32 Å². The summed E-state index contributed by atoms with van der Waals surface area (Å²) in [6, 6.07) is 3.61. The fourth-order valence-corrected chi connectivity index (χ4v) is 3.31. The van der Waals surface area contributed by atoms with E-state index in [-0.39, 0.29) is 10.9 Å². The van der Waals surface area contributed by atoms with Gasteiger partial charge >= 0.3 is 0 Å². The van der Waals surface area contributed by atoms with Crippen molar-refractivity contribution in [2.24, 2.45) is 14.1 Å². The highest BCUT2D eigenvalue weighted by Gasteiger charge is 2.45. The molecule has 1 aliphatic heterocycles. The largest absolute Gasteiger partial charge is 0.321 e. The van der Waals surface area contributed by atoms with Gasteiger partial charge in [-0.05, 0) is 25.3 Å². The Kier molecular flexibility index (Phi) is 3.28. The van der Waals surface area contributed by atoms with Crippen molar-refractivity contribution in [2.45, 2.75) is 19.3 Å². The Morgan fingerprint density at radius 1 is 1.35 bits per heavy atom. The number of hydrogen-bond donors (Lipinski definition) is 1. The summed E-state index contributed by atoms with van der Waals surface area (Å²) in [5, 5.41) is 12.6. The topological polar surface area (TPSA) is 77.6 Å². The maximum Gasteiger partial charge on any atom is 0.244 e. The van der Waals surface area contributed by atoms with E-state index in [2.05, 4.69) is 20.1 Å². The van der Waals surface area contributed by atoms with Gasteiger partial charge in [0.15, 0.2) is 0 Å². The predicted octanol–water partition coefficient (Wildman–Crippen LogP) is 4.35. The van der Waals surface area contributed by atoms with E-state index in [1.54, 1.807) is 0 Å². The van der Waals surface area contributed by atoms with Crippen molar-refractivity contribution >= 4 is 57.5 Å². The van der Waals surface area contributed by atoms with Gasteiger partial charge in [-0.1, -0.05) is 23.2 Å². The molecule has 1 N–H and O–H groups in total. The zero-order valence-electron chi connectivity index (χ0n) is 10.1. The molecule has 1 aromatic carbocycles. The lowest BCUT2D eigenvalue weighted by Crippen LogP contribution is -2.40. The van der Waals surface area contributed by atoms with Crippen LogP contribution in [0.4, 0.5) is 17.1 Å². The summed E-state index contributed by atoms with van der Waals surface area (Å²) in [6.45, 7) is 0. The minimum atomic E-state index is -0.946. The van der Waals surface area contributed by atoms with E-state index >= 15 is 0 Å². The molecule has 1 fully saturated rings. The first-order valence-electron chi connectivity index (χ1n) is 5.90. The van der Waals surface area contributed by atoms with Gasteiger partial charge in [-0.25, -0.2) is 0 Å². The molecule has 1 saturated carbocycles. The molecule has 0 bridgehead atoms. The monoisotopic (exact) mass is 326 g/mol. The van der Waals surface area contributed by atoms with E-state index in [0.717, 1.165) is 17.8 Å². The molecule has 1 aliphatic carbocycles. The summed E-state index contributed by atoms with van der Waals surface area (Å²) < 4.78 is 8.18. The molecule has 0 unspecified atom stereocenters. The average molecular weight is 327 g/mol. The Hall–Kier alpha value is -1.42. The Morgan fingerprint density at radius 3 is 2.65 bits per heavy atom. The molecular weight excluding hydrogens is 319 g/mol. The van der Waals surface area contributed by atoms with Gasteiger partial charge in [0.25, 0.3) is 0 Å². The molecule has 8 heteroatoms. The van der Waals surface area contributed by atoms with Crippen LogP contribution in [-0.2, 0) is 16.1 Å². The Bertz CT molecular complexity index is 730. The van der Waals surface area contributed by atoms with Gasteiger partial charge in [0.2, 0.25) is 5.91 Å². The maximum absolute atomic E-state index is 12.3. The molecule has 0 saturated heterocycles. The molecule has 5 nitrogen and oxygen atoms in total. The maximum atomic E-state index is 12.3. The van der Waals surface area contributed by atoms with Crippen molar-refractivity contribution < 1.29 is 4.79 Å². The van der Waals surface area contributed by atoms with Crippen LogP contribution in [0.2, 0.25) is 10.0 Å². The fraction of sp³-hybridized carbons (Fsp3) is 0.333. The highest BCUT2D eigenvalue weighted by Crippen LogP contribution is 2.49. The van der Waals surface area contributed by atoms with Crippen LogP contribution < -0.4 is 5.32 Å². The van der Waals surface area contributed by atoms with Crippen LogP contribution in [0.3, 0.4) is 0 Å². The molecule has 102 valence electrons. The number of carbonyl (C=O) groups excluding carboxylic acids is 1. The zero-order chi connectivity index (χ0) is 14.3. The Balaban J connectivity index is 1.97. The van der Waals surface area contributed by atoms with Gasteiger partial charge in [0, 0.05) is 0 Å². The van der Waals surface area contributed by atoms with Crippen LogP contribution in [0, 0.1) is 16.7 Å². The summed E-state index contributed by atoms with van der Waals surface area (Å²) in [5.41, 5.74) is 0.370. The van der Waals surface area contributed by atoms with Crippen molar-refractivity contribution in [1.29, 1.82) is 5.26 Å². The summed E-state index contributed by atoms with van der Waals surface area (Å²) >= 11 is 13.1. The third kappa shape index (κ3) is 1.94. The molecule has 0 radical (unpaired) electrons. The minimum Gasteiger partial charge on any atom is -0.321 e. The van der Waals surface area contributed by atoms with Crippen molar-refractivity contribution in [1.82, 2.24) is 0 Å². The van der Waals surface area contributed by atoms with Crippen LogP contribution in [0.5, 0.6) is 0 Å². The number of nitrogens with one attached hydrogen (secondary N) is 1. The standard InChI is InChI=1S/C12H8Cl2N4OS/c13-6-4-7(14)9-10(18-20-17-9)8(6)16-11(19)12(5-15)2-1-3-12/h4H,1-3H2,(H,16,19). The van der Waals surface area contributed by atoms with Crippen molar-refractivity contribution in [3.05, 3.63) is 16.1 Å². The number of halogens is 2. The smallest absolute Gasteiger partial charge is 0.244 e. The molecule has 0 atom stereocenters. The first kappa shape index (κ1) is 13.6. The first-order chi connectivity index (χ1) is 9.57. The zero-order valence-corrected chi connectivity index (χ0v) is 12.4. The summed E-state index contributed by atoms with van der Waals surface area (Å²) in [7, 11) is 0. The van der Waals surface area contributed by atoms with Gasteiger partial charge in [-0.3, -0.25) is 4.79 Å². The van der Waals surface area contributed by atoms with Crippen molar-refractivity contribution in [3.8, 4) is 6.07 Å². The average Bonchev–Trinajstić information content (AvgIpc) is 2.83. The Morgan fingerprint density at radius 2 is 2.05 bits per heavy atom. The van der Waals surface area contributed by atoms with E-state index in [4.69, 9.17) is 23.2 Å². The van der Waals surface area contributed by atoms with E-state index in [1.165, 1.54) is 6.07 Å². The predicted molar refractivity (Wildman–Crippen MR) is 78.5 cm³/mol. The van der Waals surface area contributed by atoms with Crippen LogP contribution >= 0.6 is 23.2 Å². The Labute approximate surface area is 128 Å². The minimum absolute atomic E-state index is 0.288. The third-order valence-corrected chi connectivity index (χ3v) is 4.65. The SMILES string of the molecule is N#CC1(C(=O)Nc2c(Cl)cc(Cl)c3c2N=S=N3)CCC1. The molecule has 20 heavy (non-hydrogen) atoms. The molecular formula is C12H8Cl2N4OS. The number of benzene rings is 1. The first-order valence-corrected chi connectivity index (χ1v) is 7.39. The molecule has 1 heterocycles. The molecule has 1 aromatic rings. The number of hydrogen-bond acceptors (Lipinski definition) is 4. The number of nitrogens with zero attached hydrogens (tertiary/aromatic N) is 3. The second kappa shape index (κ2) is 4.85. The molecule has 0 spiro atoms. The van der Waals surface area contributed by atoms with E-state index in [0.29, 0.717) is 34.9 Å². The number of fused-ring (bicyclic) bond motifs is 1. The lowest BCUT2D eigenvalue weighted by Gasteiger charge is -2.33. The van der Waals surface area contributed by atoms with Gasteiger partial charge in [0.05, 0.1) is 33.2 Å². The molecule has 1 amide bonds. The van der Waals surface area contributed by atoms with E-state index in [9.17, 15) is 10.1 Å². The van der Waals surface area contributed by atoms with Crippen LogP contribution in [0.25, 0.3) is 0 Å². The van der Waals surface area contributed by atoms with Gasteiger partial charge in [0.1, 0.15) is 16.8 Å². The summed E-state index contributed by atoms with van der Waals surface area (Å²) in [4.78, 5) is 12.3. The van der Waals surface area contributed by atoms with Gasteiger partial charge in [-0.2, -0.15) is 14.0 Å². The second-order valence-electron chi connectivity index (χ2n) is 4.68. The highest BCUT2D eigenvalue weighted by atomic mass is 35.5. The van der Waals surface area contributed by atoms with Crippen LogP contribution in [0.1, 0.15) is 19.3 Å². The van der Waals surface area contributed by atoms with Gasteiger partial charge in [-0.15, -0.1) is 0 Å². The second-order valence-corrected chi connectivity index (χ2v) is 6.02. The lowest BCUT2D eigenvalue weighted by atomic mass is 9.69.